The Balaban J connectivity index is 0.000000187. The van der Waals surface area contributed by atoms with E-state index in [4.69, 9.17) is 0 Å². The first kappa shape index (κ1) is 20.3. The molecule has 0 N–H and O–H groups in total. The molecule has 4 aromatic heterocycles. The topological polar surface area (TPSA) is 115 Å². The summed E-state index contributed by atoms with van der Waals surface area (Å²) in [5, 5.41) is 20.6. The summed E-state index contributed by atoms with van der Waals surface area (Å²) in [4.78, 5) is 28.8. The predicted molar refractivity (Wildman–Crippen MR) is 87.8 cm³/mol. The first-order chi connectivity index (χ1) is 12.5. The van der Waals surface area contributed by atoms with Gasteiger partial charge in [-0.05, 0) is 24.3 Å². The van der Waals surface area contributed by atoms with Gasteiger partial charge in [-0.2, -0.15) is 0 Å². The zero-order chi connectivity index (χ0) is 18.5. The van der Waals surface area contributed by atoms with Crippen LogP contribution in [0.2, 0.25) is 0 Å². The van der Waals surface area contributed by atoms with Crippen molar-refractivity contribution in [2.45, 2.75) is 12.8 Å². The smallest absolute Gasteiger partial charge is 0.550 e. The van der Waals surface area contributed by atoms with Gasteiger partial charge in [-0.3, -0.25) is 0 Å². The average Bonchev–Trinajstić information content (AvgIpc) is 3.16. The molecule has 0 aliphatic carbocycles. The number of aliphatic carboxylic acids is 2. The number of nitrogens with zero attached hydrogens (tertiary/aromatic N) is 4. The molecule has 9 heteroatoms. The third kappa shape index (κ3) is 5.46. The number of hydrogen-bond acceptors (Lipinski definition) is 6. The fourth-order valence-corrected chi connectivity index (χ4v) is 2.44. The second kappa shape index (κ2) is 9.05. The molecule has 0 atom stereocenters. The Morgan fingerprint density at radius 1 is 0.778 bits per heavy atom. The van der Waals surface area contributed by atoms with Crippen molar-refractivity contribution in [3.8, 4) is 0 Å². The summed E-state index contributed by atoms with van der Waals surface area (Å²) in [6, 6.07) is 11.1. The predicted octanol–water partition coefficient (Wildman–Crippen LogP) is -0.749. The molecule has 0 amide bonds. The molecule has 132 valence electrons. The van der Waals surface area contributed by atoms with Gasteiger partial charge in [-0.1, -0.05) is 12.1 Å². The van der Waals surface area contributed by atoms with Gasteiger partial charge in [0.15, 0.2) is 0 Å². The first-order valence-corrected chi connectivity index (χ1v) is 7.76. The number of carboxylic acid groups (broad SMARTS) is 2. The molecule has 4 heterocycles. The monoisotopic (exact) mass is 414 g/mol. The van der Waals surface area contributed by atoms with Crippen molar-refractivity contribution in [1.82, 2.24) is 18.8 Å². The van der Waals surface area contributed by atoms with E-state index in [1.165, 1.54) is 0 Å². The van der Waals surface area contributed by atoms with Crippen LogP contribution in [0, 0.1) is 0 Å². The molecule has 0 spiro atoms. The van der Waals surface area contributed by atoms with E-state index in [0.29, 0.717) is 11.4 Å². The van der Waals surface area contributed by atoms with Gasteiger partial charge in [0, 0.05) is 49.6 Å². The molecule has 27 heavy (non-hydrogen) atoms. The number of hydrogen-bond donors (Lipinski definition) is 0. The molecule has 0 fully saturated rings. The maximum absolute atomic E-state index is 10.3. The molecule has 0 aliphatic heterocycles. The van der Waals surface area contributed by atoms with Crippen molar-refractivity contribution in [3.05, 3.63) is 72.6 Å². The van der Waals surface area contributed by atoms with E-state index in [-0.39, 0.29) is 32.3 Å². The second-order valence-electron chi connectivity index (χ2n) is 5.49. The fraction of sp³-hybridized carbons (Fsp3) is 0.111. The summed E-state index contributed by atoms with van der Waals surface area (Å²) in [7, 11) is 0. The minimum Gasteiger partial charge on any atom is -0.550 e. The number of carbonyl (C=O) groups excluding carboxylic acids is 2. The number of rotatable bonds is 4. The van der Waals surface area contributed by atoms with Crippen molar-refractivity contribution in [2.75, 3.05) is 0 Å². The Morgan fingerprint density at radius 2 is 1.19 bits per heavy atom. The summed E-state index contributed by atoms with van der Waals surface area (Å²) in [6.45, 7) is 0. The van der Waals surface area contributed by atoms with E-state index < -0.39 is 11.9 Å². The number of carboxylic acids is 2. The normalized spacial score (nSPS) is 10.1. The number of fused-ring (bicyclic) bond motifs is 2. The molecule has 4 aromatic rings. The van der Waals surface area contributed by atoms with Crippen LogP contribution in [0.5, 0.6) is 0 Å². The van der Waals surface area contributed by atoms with Gasteiger partial charge < -0.3 is 28.6 Å². The van der Waals surface area contributed by atoms with Gasteiger partial charge in [0.2, 0.25) is 0 Å². The largest absolute Gasteiger partial charge is 2.00 e. The Kier molecular flexibility index (Phi) is 6.79. The maximum atomic E-state index is 10.3. The molecule has 0 aliphatic rings. The van der Waals surface area contributed by atoms with Crippen LogP contribution in [-0.2, 0) is 41.9 Å². The molecular formula is C18H14N4O4Zn. The third-order valence-corrected chi connectivity index (χ3v) is 3.48. The van der Waals surface area contributed by atoms with Crippen LogP contribution in [-0.4, -0.2) is 30.7 Å². The summed E-state index contributed by atoms with van der Waals surface area (Å²) in [5.41, 5.74) is 2.54. The second-order valence-corrected chi connectivity index (χ2v) is 5.49. The zero-order valence-corrected chi connectivity index (χ0v) is 17.3. The van der Waals surface area contributed by atoms with Crippen molar-refractivity contribution in [2.24, 2.45) is 0 Å². The molecule has 8 nitrogen and oxygen atoms in total. The van der Waals surface area contributed by atoms with Crippen LogP contribution in [0.15, 0.2) is 61.2 Å². The number of imidazole rings is 2. The van der Waals surface area contributed by atoms with Crippen LogP contribution < -0.4 is 10.2 Å². The van der Waals surface area contributed by atoms with Gasteiger partial charge in [0.05, 0.1) is 11.4 Å². The van der Waals surface area contributed by atoms with E-state index in [9.17, 15) is 19.8 Å². The van der Waals surface area contributed by atoms with Gasteiger partial charge in [0.1, 0.15) is 11.3 Å². The van der Waals surface area contributed by atoms with Gasteiger partial charge in [-0.25, -0.2) is 9.97 Å². The summed E-state index contributed by atoms with van der Waals surface area (Å²) >= 11 is 0. The summed E-state index contributed by atoms with van der Waals surface area (Å²) in [6.07, 6.45) is 6.74. The molecule has 0 saturated heterocycles. The van der Waals surface area contributed by atoms with E-state index in [2.05, 4.69) is 9.97 Å². The van der Waals surface area contributed by atoms with Crippen LogP contribution in [0.1, 0.15) is 11.4 Å². The summed E-state index contributed by atoms with van der Waals surface area (Å²) < 4.78 is 3.55. The number of pyridine rings is 2. The van der Waals surface area contributed by atoms with Crippen molar-refractivity contribution in [3.63, 3.8) is 0 Å². The Morgan fingerprint density at radius 3 is 1.52 bits per heavy atom. The fourth-order valence-electron chi connectivity index (χ4n) is 2.44. The van der Waals surface area contributed by atoms with Crippen molar-refractivity contribution >= 4 is 23.2 Å². The van der Waals surface area contributed by atoms with Crippen LogP contribution in [0.4, 0.5) is 0 Å². The molecule has 0 unspecified atom stereocenters. The molecule has 0 bridgehead atoms. The molecule has 0 saturated carbocycles. The SMILES string of the molecule is O=C([O-])Cc1cn2ccccc2n1.O=C([O-])Cc1cn2ccccc2n1.[Zn+2]. The maximum Gasteiger partial charge on any atom is 2.00 e. The van der Waals surface area contributed by atoms with E-state index in [1.807, 2.05) is 48.8 Å². The first-order valence-electron chi connectivity index (χ1n) is 7.76. The zero-order valence-electron chi connectivity index (χ0n) is 14.3. The minimum atomic E-state index is -1.11. The Bertz CT molecular complexity index is 921. The third-order valence-electron chi connectivity index (χ3n) is 3.48. The quantitative estimate of drug-likeness (QED) is 0.405. The average molecular weight is 416 g/mol. The molecule has 4 rings (SSSR count). The summed E-state index contributed by atoms with van der Waals surface area (Å²) in [5.74, 6) is -2.22. The van der Waals surface area contributed by atoms with Crippen molar-refractivity contribution < 1.29 is 39.3 Å². The van der Waals surface area contributed by atoms with Crippen LogP contribution in [0.3, 0.4) is 0 Å². The van der Waals surface area contributed by atoms with E-state index >= 15 is 0 Å². The van der Waals surface area contributed by atoms with Gasteiger partial charge in [-0.15, -0.1) is 0 Å². The van der Waals surface area contributed by atoms with Gasteiger partial charge >= 0.3 is 19.5 Å². The minimum absolute atomic E-state index is 0. The van der Waals surface area contributed by atoms with E-state index in [1.54, 1.807) is 21.2 Å². The number of aromatic nitrogens is 4. The van der Waals surface area contributed by atoms with E-state index in [0.717, 1.165) is 11.3 Å². The molecular weight excluding hydrogens is 402 g/mol. The van der Waals surface area contributed by atoms with Crippen LogP contribution in [0.25, 0.3) is 11.3 Å². The van der Waals surface area contributed by atoms with Gasteiger partial charge in [0.25, 0.3) is 0 Å². The Hall–Kier alpha value is -3.06. The molecule has 0 radical (unpaired) electrons. The molecule has 0 aromatic carbocycles. The van der Waals surface area contributed by atoms with Crippen LogP contribution >= 0.6 is 0 Å². The van der Waals surface area contributed by atoms with Crippen molar-refractivity contribution in [1.29, 1.82) is 0 Å². The standard InChI is InChI=1S/2C9H8N2O2.Zn/c2*12-9(13)5-7-6-11-4-2-1-3-8(11)10-7;/h2*1-4,6H,5H2,(H,12,13);/q;;+2/p-2. The Labute approximate surface area is 166 Å². The number of carbonyl (C=O) groups is 2.